The first-order valence-electron chi connectivity index (χ1n) is 8.05. The van der Waals surface area contributed by atoms with Crippen LogP contribution < -0.4 is 10.0 Å². The zero-order valence-electron chi connectivity index (χ0n) is 14.8. The summed E-state index contributed by atoms with van der Waals surface area (Å²) in [4.78, 5) is 0.330. The number of hydrogen-bond acceptors (Lipinski definition) is 3. The summed E-state index contributed by atoms with van der Waals surface area (Å²) in [5.41, 5.74) is 2.65. The van der Waals surface area contributed by atoms with E-state index in [2.05, 4.69) is 41.2 Å². The molecule has 24 heavy (non-hydrogen) atoms. The van der Waals surface area contributed by atoms with E-state index in [0.29, 0.717) is 18.0 Å². The van der Waals surface area contributed by atoms with Gasteiger partial charge in [-0.2, -0.15) is 0 Å². The minimum Gasteiger partial charge on any atom is -0.309 e. The van der Waals surface area contributed by atoms with Crippen molar-refractivity contribution in [2.45, 2.75) is 51.2 Å². The SMILES string of the molecule is Cc1ccc(CNCc2ccccc2S(=O)(=O)NC(C)(C)C)cc1. The molecule has 0 aliphatic carbocycles. The van der Waals surface area contributed by atoms with Gasteiger partial charge in [0.05, 0.1) is 4.90 Å². The number of benzene rings is 2. The molecular weight excluding hydrogens is 320 g/mol. The summed E-state index contributed by atoms with van der Waals surface area (Å²) in [5.74, 6) is 0. The zero-order valence-corrected chi connectivity index (χ0v) is 15.6. The molecule has 130 valence electrons. The number of rotatable bonds is 6. The van der Waals surface area contributed by atoms with E-state index in [1.165, 1.54) is 11.1 Å². The minimum absolute atomic E-state index is 0.330. The molecule has 0 bridgehead atoms. The van der Waals surface area contributed by atoms with Gasteiger partial charge < -0.3 is 5.32 Å². The molecule has 0 heterocycles. The van der Waals surface area contributed by atoms with Crippen LogP contribution in [-0.2, 0) is 23.1 Å². The molecule has 2 aromatic carbocycles. The first-order valence-corrected chi connectivity index (χ1v) is 9.54. The van der Waals surface area contributed by atoms with E-state index in [1.807, 2.05) is 32.9 Å². The van der Waals surface area contributed by atoms with Crippen LogP contribution in [0.3, 0.4) is 0 Å². The fraction of sp³-hybridized carbons (Fsp3) is 0.368. The quantitative estimate of drug-likeness (QED) is 0.843. The molecule has 0 atom stereocenters. The zero-order chi connectivity index (χ0) is 17.8. The van der Waals surface area contributed by atoms with E-state index in [-0.39, 0.29) is 0 Å². The van der Waals surface area contributed by atoms with Gasteiger partial charge in [0.15, 0.2) is 0 Å². The van der Waals surface area contributed by atoms with Gasteiger partial charge in [0.25, 0.3) is 0 Å². The number of sulfonamides is 1. The van der Waals surface area contributed by atoms with E-state index in [0.717, 1.165) is 5.56 Å². The van der Waals surface area contributed by atoms with Crippen LogP contribution >= 0.6 is 0 Å². The molecular formula is C19H26N2O2S. The molecule has 2 rings (SSSR count). The number of nitrogens with one attached hydrogen (secondary N) is 2. The molecule has 0 aliphatic heterocycles. The van der Waals surface area contributed by atoms with Gasteiger partial charge in [0.1, 0.15) is 0 Å². The van der Waals surface area contributed by atoms with Gasteiger partial charge in [-0.1, -0.05) is 48.0 Å². The summed E-state index contributed by atoms with van der Waals surface area (Å²) in [5, 5.41) is 3.32. The molecule has 0 amide bonds. The molecule has 4 nitrogen and oxygen atoms in total. The van der Waals surface area contributed by atoms with Crippen molar-refractivity contribution in [1.29, 1.82) is 0 Å². The van der Waals surface area contributed by atoms with Crippen molar-refractivity contribution < 1.29 is 8.42 Å². The maximum absolute atomic E-state index is 12.6. The average molecular weight is 346 g/mol. The summed E-state index contributed by atoms with van der Waals surface area (Å²) in [6.45, 7) is 8.76. The van der Waals surface area contributed by atoms with E-state index in [4.69, 9.17) is 0 Å². The predicted molar refractivity (Wildman–Crippen MR) is 98.2 cm³/mol. The second-order valence-electron chi connectivity index (χ2n) is 7.05. The van der Waals surface area contributed by atoms with Crippen LogP contribution in [0.2, 0.25) is 0 Å². The lowest BCUT2D eigenvalue weighted by Crippen LogP contribution is -2.40. The highest BCUT2D eigenvalue weighted by Gasteiger charge is 2.23. The maximum atomic E-state index is 12.6. The molecule has 0 unspecified atom stereocenters. The van der Waals surface area contributed by atoms with Crippen molar-refractivity contribution in [3.05, 3.63) is 65.2 Å². The van der Waals surface area contributed by atoms with Gasteiger partial charge in [0, 0.05) is 18.6 Å². The van der Waals surface area contributed by atoms with E-state index in [9.17, 15) is 8.42 Å². The monoisotopic (exact) mass is 346 g/mol. The largest absolute Gasteiger partial charge is 0.309 e. The number of hydrogen-bond donors (Lipinski definition) is 2. The average Bonchev–Trinajstić information content (AvgIpc) is 2.47. The van der Waals surface area contributed by atoms with Crippen LogP contribution in [0.15, 0.2) is 53.4 Å². The highest BCUT2D eigenvalue weighted by molar-refractivity contribution is 7.89. The van der Waals surface area contributed by atoms with Crippen LogP contribution in [-0.4, -0.2) is 14.0 Å². The first kappa shape index (κ1) is 18.6. The standard InChI is InChI=1S/C19H26N2O2S/c1-15-9-11-16(12-10-15)13-20-14-17-7-5-6-8-18(17)24(22,23)21-19(2,3)4/h5-12,20-21H,13-14H2,1-4H3. The van der Waals surface area contributed by atoms with Crippen molar-refractivity contribution >= 4 is 10.0 Å². The van der Waals surface area contributed by atoms with E-state index in [1.54, 1.807) is 12.1 Å². The lowest BCUT2D eigenvalue weighted by molar-refractivity contribution is 0.490. The Bertz CT molecular complexity index is 776. The van der Waals surface area contributed by atoms with Crippen LogP contribution in [0.5, 0.6) is 0 Å². The van der Waals surface area contributed by atoms with Crippen molar-refractivity contribution in [3.63, 3.8) is 0 Å². The first-order chi connectivity index (χ1) is 11.2. The Morgan fingerprint density at radius 3 is 2.17 bits per heavy atom. The van der Waals surface area contributed by atoms with E-state index < -0.39 is 15.6 Å². The Kier molecular flexibility index (Phi) is 5.80. The Morgan fingerprint density at radius 1 is 0.917 bits per heavy atom. The van der Waals surface area contributed by atoms with Crippen molar-refractivity contribution in [3.8, 4) is 0 Å². The minimum atomic E-state index is -3.54. The lowest BCUT2D eigenvalue weighted by Gasteiger charge is -2.21. The summed E-state index contributed by atoms with van der Waals surface area (Å²) in [6.07, 6.45) is 0. The Balaban J connectivity index is 2.10. The van der Waals surface area contributed by atoms with Gasteiger partial charge in [0.2, 0.25) is 10.0 Å². The van der Waals surface area contributed by atoms with Crippen LogP contribution in [0.4, 0.5) is 0 Å². The lowest BCUT2D eigenvalue weighted by atomic mass is 10.1. The molecule has 0 saturated carbocycles. The fourth-order valence-electron chi connectivity index (χ4n) is 2.42. The Morgan fingerprint density at radius 2 is 1.54 bits per heavy atom. The molecule has 0 aliphatic rings. The second kappa shape index (κ2) is 7.47. The van der Waals surface area contributed by atoms with Crippen LogP contribution in [0.1, 0.15) is 37.5 Å². The van der Waals surface area contributed by atoms with Gasteiger partial charge in [-0.15, -0.1) is 0 Å². The third-order valence-electron chi connectivity index (χ3n) is 3.47. The summed E-state index contributed by atoms with van der Waals surface area (Å²) < 4.78 is 27.9. The van der Waals surface area contributed by atoms with E-state index >= 15 is 0 Å². The Hall–Kier alpha value is -1.69. The molecule has 0 radical (unpaired) electrons. The molecule has 0 spiro atoms. The molecule has 5 heteroatoms. The summed E-state index contributed by atoms with van der Waals surface area (Å²) in [6, 6.07) is 15.4. The van der Waals surface area contributed by atoms with Gasteiger partial charge in [-0.05, 0) is 44.9 Å². The molecule has 0 saturated heterocycles. The molecule has 2 aromatic rings. The second-order valence-corrected chi connectivity index (χ2v) is 8.70. The summed E-state index contributed by atoms with van der Waals surface area (Å²) >= 11 is 0. The molecule has 0 aromatic heterocycles. The van der Waals surface area contributed by atoms with Crippen molar-refractivity contribution in [2.24, 2.45) is 0 Å². The van der Waals surface area contributed by atoms with Crippen LogP contribution in [0.25, 0.3) is 0 Å². The maximum Gasteiger partial charge on any atom is 0.241 e. The topological polar surface area (TPSA) is 58.2 Å². The van der Waals surface area contributed by atoms with Crippen LogP contribution in [0, 0.1) is 6.92 Å². The van der Waals surface area contributed by atoms with Gasteiger partial charge in [-0.3, -0.25) is 0 Å². The summed E-state index contributed by atoms with van der Waals surface area (Å²) in [7, 11) is -3.54. The third kappa shape index (κ3) is 5.44. The normalized spacial score (nSPS) is 12.3. The van der Waals surface area contributed by atoms with Crippen molar-refractivity contribution in [1.82, 2.24) is 10.0 Å². The molecule has 0 fully saturated rings. The van der Waals surface area contributed by atoms with Gasteiger partial charge >= 0.3 is 0 Å². The highest BCUT2D eigenvalue weighted by Crippen LogP contribution is 2.18. The molecule has 2 N–H and O–H groups in total. The van der Waals surface area contributed by atoms with Crippen molar-refractivity contribution in [2.75, 3.05) is 0 Å². The highest BCUT2D eigenvalue weighted by atomic mass is 32.2. The smallest absolute Gasteiger partial charge is 0.241 e. The predicted octanol–water partition coefficient (Wildman–Crippen LogP) is 3.36. The van der Waals surface area contributed by atoms with Gasteiger partial charge in [-0.25, -0.2) is 13.1 Å². The third-order valence-corrected chi connectivity index (χ3v) is 5.33. The number of aryl methyl sites for hydroxylation is 1. The fourth-order valence-corrected chi connectivity index (χ4v) is 4.08. The Labute approximate surface area is 145 Å².